The zero-order valence-electron chi connectivity index (χ0n) is 11.3. The van der Waals surface area contributed by atoms with Crippen LogP contribution in [-0.2, 0) is 6.42 Å². The van der Waals surface area contributed by atoms with Crippen molar-refractivity contribution in [2.75, 3.05) is 7.11 Å². The van der Waals surface area contributed by atoms with Crippen molar-refractivity contribution < 1.29 is 4.74 Å². The molecule has 0 aromatic carbocycles. The molecule has 0 aliphatic carbocycles. The van der Waals surface area contributed by atoms with Crippen molar-refractivity contribution in [2.24, 2.45) is 0 Å². The zero-order valence-corrected chi connectivity index (χ0v) is 12.9. The fourth-order valence-corrected chi connectivity index (χ4v) is 3.41. The maximum absolute atomic E-state index is 5.43. The molecule has 104 valence electrons. The van der Waals surface area contributed by atoms with Gasteiger partial charge in [-0.25, -0.2) is 0 Å². The van der Waals surface area contributed by atoms with Crippen LogP contribution >= 0.6 is 23.6 Å². The molecule has 0 aliphatic rings. The van der Waals surface area contributed by atoms with Crippen molar-refractivity contribution in [1.82, 2.24) is 14.5 Å². The van der Waals surface area contributed by atoms with Crippen LogP contribution in [0.1, 0.15) is 18.5 Å². The molecule has 3 rings (SSSR count). The third-order valence-electron chi connectivity index (χ3n) is 3.30. The number of thiophene rings is 1. The van der Waals surface area contributed by atoms with Crippen molar-refractivity contribution in [3.05, 3.63) is 39.3 Å². The summed E-state index contributed by atoms with van der Waals surface area (Å²) in [6.45, 7) is 2.15. The Bertz CT molecular complexity index is 773. The van der Waals surface area contributed by atoms with Gasteiger partial charge in [0, 0.05) is 12.1 Å². The molecule has 1 atom stereocenters. The molecule has 0 aliphatic heterocycles. The molecule has 0 fully saturated rings. The van der Waals surface area contributed by atoms with Crippen molar-refractivity contribution in [3.63, 3.8) is 0 Å². The number of H-pyrrole nitrogens is 1. The van der Waals surface area contributed by atoms with Gasteiger partial charge in [0.05, 0.1) is 12.6 Å². The molecule has 3 aromatic heterocycles. The number of methoxy groups -OCH3 is 1. The number of ether oxygens (including phenoxy) is 1. The van der Waals surface area contributed by atoms with Gasteiger partial charge in [0.2, 0.25) is 5.88 Å². The molecule has 0 radical (unpaired) electrons. The van der Waals surface area contributed by atoms with E-state index in [2.05, 4.69) is 38.3 Å². The number of aromatic nitrogens is 3. The summed E-state index contributed by atoms with van der Waals surface area (Å²) >= 11 is 7.15. The zero-order chi connectivity index (χ0) is 14.1. The average Bonchev–Trinajstić information content (AvgIpc) is 3.04. The van der Waals surface area contributed by atoms with Crippen molar-refractivity contribution in [2.45, 2.75) is 19.4 Å². The van der Waals surface area contributed by atoms with E-state index in [4.69, 9.17) is 17.0 Å². The van der Waals surface area contributed by atoms with E-state index in [0.717, 1.165) is 17.6 Å². The average molecular weight is 305 g/mol. The third-order valence-corrected chi connectivity index (χ3v) is 4.33. The van der Waals surface area contributed by atoms with E-state index in [1.807, 2.05) is 12.1 Å². The second-order valence-corrected chi connectivity index (χ2v) is 5.88. The predicted octanol–water partition coefficient (Wildman–Crippen LogP) is 3.97. The Hall–Kier alpha value is -1.66. The number of rotatable bonds is 4. The Labute approximate surface area is 126 Å². The highest BCUT2D eigenvalue weighted by molar-refractivity contribution is 7.71. The number of fused-ring (bicyclic) bond motifs is 1. The first-order valence-electron chi connectivity index (χ1n) is 6.35. The van der Waals surface area contributed by atoms with E-state index < -0.39 is 0 Å². The molecule has 0 saturated carbocycles. The van der Waals surface area contributed by atoms with Gasteiger partial charge in [0.15, 0.2) is 10.4 Å². The highest BCUT2D eigenvalue weighted by Crippen LogP contribution is 2.23. The number of hydrogen-bond acceptors (Lipinski definition) is 4. The van der Waals surface area contributed by atoms with Crippen molar-refractivity contribution in [1.29, 1.82) is 0 Å². The van der Waals surface area contributed by atoms with Gasteiger partial charge in [-0.3, -0.25) is 4.57 Å². The molecule has 1 unspecified atom stereocenters. The summed E-state index contributed by atoms with van der Waals surface area (Å²) in [6.07, 6.45) is 0.934. The molecule has 0 spiro atoms. The van der Waals surface area contributed by atoms with Crippen LogP contribution in [0.25, 0.3) is 11.2 Å². The Morgan fingerprint density at radius 2 is 2.30 bits per heavy atom. The molecule has 0 bridgehead atoms. The van der Waals surface area contributed by atoms with Crippen LogP contribution in [0.4, 0.5) is 0 Å². The second-order valence-electron chi connectivity index (χ2n) is 4.71. The minimum absolute atomic E-state index is 0.241. The summed E-state index contributed by atoms with van der Waals surface area (Å²) in [5.41, 5.74) is 3.10. The predicted molar refractivity (Wildman–Crippen MR) is 84.2 cm³/mol. The van der Waals surface area contributed by atoms with Gasteiger partial charge in [-0.15, -0.1) is 0 Å². The van der Waals surface area contributed by atoms with Gasteiger partial charge in [0.25, 0.3) is 0 Å². The molecule has 3 heterocycles. The Balaban J connectivity index is 2.05. The summed E-state index contributed by atoms with van der Waals surface area (Å²) in [5, 5.41) is 4.26. The number of aromatic amines is 1. The van der Waals surface area contributed by atoms with Crippen LogP contribution in [0, 0.1) is 4.77 Å². The minimum atomic E-state index is 0.241. The monoisotopic (exact) mass is 305 g/mol. The van der Waals surface area contributed by atoms with Gasteiger partial charge < -0.3 is 9.72 Å². The lowest BCUT2D eigenvalue weighted by Crippen LogP contribution is -2.08. The van der Waals surface area contributed by atoms with Crippen molar-refractivity contribution >= 4 is 34.7 Å². The molecule has 3 aromatic rings. The third kappa shape index (κ3) is 2.36. The smallest absolute Gasteiger partial charge is 0.215 e. The molecule has 0 saturated heterocycles. The number of pyridine rings is 1. The summed E-state index contributed by atoms with van der Waals surface area (Å²) in [6, 6.07) is 6.17. The lowest BCUT2D eigenvalue weighted by molar-refractivity contribution is 0.398. The van der Waals surface area contributed by atoms with E-state index in [9.17, 15) is 0 Å². The number of hydrogen-bond donors (Lipinski definition) is 1. The molecule has 4 nitrogen and oxygen atoms in total. The number of imidazole rings is 1. The van der Waals surface area contributed by atoms with Gasteiger partial charge in [-0.2, -0.15) is 16.3 Å². The van der Waals surface area contributed by atoms with E-state index in [1.165, 1.54) is 5.56 Å². The maximum Gasteiger partial charge on any atom is 0.215 e. The first-order valence-corrected chi connectivity index (χ1v) is 7.70. The van der Waals surface area contributed by atoms with E-state index >= 15 is 0 Å². The Morgan fingerprint density at radius 3 is 3.00 bits per heavy atom. The molecule has 20 heavy (non-hydrogen) atoms. The second kappa shape index (κ2) is 5.38. The summed E-state index contributed by atoms with van der Waals surface area (Å²) in [7, 11) is 1.62. The minimum Gasteiger partial charge on any atom is -0.481 e. The van der Waals surface area contributed by atoms with Crippen LogP contribution < -0.4 is 4.74 Å². The highest BCUT2D eigenvalue weighted by Gasteiger charge is 2.14. The van der Waals surface area contributed by atoms with Gasteiger partial charge in [-0.1, -0.05) is 0 Å². The van der Waals surface area contributed by atoms with E-state index in [-0.39, 0.29) is 6.04 Å². The first-order chi connectivity index (χ1) is 9.69. The number of nitrogens with one attached hydrogen (secondary N) is 1. The molecule has 1 N–H and O–H groups in total. The molecule has 0 amide bonds. The van der Waals surface area contributed by atoms with Crippen LogP contribution in [0.15, 0.2) is 29.0 Å². The standard InChI is InChI=1S/C14H15N3OS2/c1-9(7-10-5-6-20-8-10)17-13-11(15-14(17)19)3-4-12(16-13)18-2/h3-6,8-9H,7H2,1-2H3,(H,15,19). The van der Waals surface area contributed by atoms with Crippen molar-refractivity contribution in [3.8, 4) is 5.88 Å². The first kappa shape index (κ1) is 13.3. The molecular formula is C14H15N3OS2. The quantitative estimate of drug-likeness (QED) is 0.742. The Morgan fingerprint density at radius 1 is 1.45 bits per heavy atom. The molecule has 6 heteroatoms. The van der Waals surface area contributed by atoms with Gasteiger partial charge >= 0.3 is 0 Å². The van der Waals surface area contributed by atoms with Crippen LogP contribution in [0.2, 0.25) is 0 Å². The van der Waals surface area contributed by atoms with Crippen LogP contribution in [0.5, 0.6) is 5.88 Å². The van der Waals surface area contributed by atoms with E-state index in [1.54, 1.807) is 18.4 Å². The van der Waals surface area contributed by atoms with E-state index in [0.29, 0.717) is 10.7 Å². The number of nitrogens with zero attached hydrogens (tertiary/aromatic N) is 2. The highest BCUT2D eigenvalue weighted by atomic mass is 32.1. The maximum atomic E-state index is 5.43. The van der Waals surface area contributed by atoms with Gasteiger partial charge in [-0.05, 0) is 54.0 Å². The largest absolute Gasteiger partial charge is 0.481 e. The topological polar surface area (TPSA) is 42.8 Å². The van der Waals surface area contributed by atoms with Crippen LogP contribution in [0.3, 0.4) is 0 Å². The summed E-state index contributed by atoms with van der Waals surface area (Å²) in [5.74, 6) is 0.600. The lowest BCUT2D eigenvalue weighted by Gasteiger charge is -2.13. The molecular weight excluding hydrogens is 290 g/mol. The normalized spacial score (nSPS) is 12.7. The lowest BCUT2D eigenvalue weighted by atomic mass is 10.1. The fraction of sp³-hybridized carbons (Fsp3) is 0.286. The van der Waals surface area contributed by atoms with Gasteiger partial charge in [0.1, 0.15) is 0 Å². The summed E-state index contributed by atoms with van der Waals surface area (Å²) < 4.78 is 7.96. The fourth-order valence-electron chi connectivity index (χ4n) is 2.35. The summed E-state index contributed by atoms with van der Waals surface area (Å²) in [4.78, 5) is 7.71. The van der Waals surface area contributed by atoms with Crippen LogP contribution in [-0.4, -0.2) is 21.6 Å². The Kier molecular flexibility index (Phi) is 3.58. The SMILES string of the molecule is COc1ccc2[nH]c(=S)n(C(C)Cc3ccsc3)c2n1.